The number of aryl methyl sites for hydroxylation is 3. The number of alkyl halides is 1. The lowest BCUT2D eigenvalue weighted by atomic mass is 9.98. The molecule has 0 unspecified atom stereocenters. The molecule has 8 nitrogen and oxygen atoms in total. The Kier molecular flexibility index (Phi) is 11.7. The molecular formula is C34H40Cl2N4O4. The fourth-order valence-electron chi connectivity index (χ4n) is 5.95. The van der Waals surface area contributed by atoms with Crippen molar-refractivity contribution in [3.63, 3.8) is 0 Å². The van der Waals surface area contributed by atoms with Gasteiger partial charge in [0, 0.05) is 35.5 Å². The van der Waals surface area contributed by atoms with Gasteiger partial charge in [-0.1, -0.05) is 54.6 Å². The van der Waals surface area contributed by atoms with Gasteiger partial charge >= 0.3 is 5.97 Å². The third-order valence-electron chi connectivity index (χ3n) is 7.83. The molecule has 5 aromatic rings. The van der Waals surface area contributed by atoms with Gasteiger partial charge in [-0.15, -0.1) is 24.0 Å². The highest BCUT2D eigenvalue weighted by molar-refractivity contribution is 6.17. The quantitative estimate of drug-likeness (QED) is 0.0804. The van der Waals surface area contributed by atoms with Crippen LogP contribution in [0, 0.1) is 0 Å². The van der Waals surface area contributed by atoms with E-state index in [1.165, 1.54) is 0 Å². The van der Waals surface area contributed by atoms with Gasteiger partial charge in [0.05, 0.1) is 42.6 Å². The molecule has 0 aliphatic rings. The first-order valence-corrected chi connectivity index (χ1v) is 15.4. The van der Waals surface area contributed by atoms with Gasteiger partial charge in [-0.25, -0.2) is 4.79 Å². The van der Waals surface area contributed by atoms with E-state index in [2.05, 4.69) is 39.2 Å². The van der Waals surface area contributed by atoms with Crippen LogP contribution in [0.15, 0.2) is 60.7 Å². The summed E-state index contributed by atoms with van der Waals surface area (Å²) in [5.74, 6) is 0.742. The van der Waals surface area contributed by atoms with E-state index in [0.717, 1.165) is 62.8 Å². The topological polar surface area (TPSA) is 90.5 Å². The summed E-state index contributed by atoms with van der Waals surface area (Å²) >= 11 is 6.40. The van der Waals surface area contributed by atoms with Crippen molar-refractivity contribution in [2.24, 2.45) is 7.05 Å². The molecule has 0 saturated carbocycles. The molecule has 0 radical (unpaired) electrons. The first kappa shape index (κ1) is 33.3. The number of hydrogen-bond donors (Lipinski definition) is 2. The zero-order chi connectivity index (χ0) is 30.3. The second kappa shape index (κ2) is 15.4. The SMILES string of the molecule is CCOC(=O)c1c(CCCOc2cccc3ccccc23)c2cccc(-c3c(CO)nn(C)c3CCl)c2n1CCCNC.Cl. The summed E-state index contributed by atoms with van der Waals surface area (Å²) in [6.07, 6.45) is 2.14. The number of fused-ring (bicyclic) bond motifs is 2. The molecular weight excluding hydrogens is 599 g/mol. The average molecular weight is 640 g/mol. The van der Waals surface area contributed by atoms with Gasteiger partial charge in [-0.3, -0.25) is 4.68 Å². The van der Waals surface area contributed by atoms with Crippen molar-refractivity contribution in [1.82, 2.24) is 19.7 Å². The number of ether oxygens (including phenoxy) is 2. The Hall–Kier alpha value is -3.56. The highest BCUT2D eigenvalue weighted by atomic mass is 35.5. The van der Waals surface area contributed by atoms with Crippen LogP contribution in [0.25, 0.3) is 32.8 Å². The van der Waals surface area contributed by atoms with Gasteiger partial charge in [-0.05, 0) is 56.8 Å². The molecule has 10 heteroatoms. The summed E-state index contributed by atoms with van der Waals surface area (Å²) in [6.45, 7) is 3.78. The molecule has 44 heavy (non-hydrogen) atoms. The van der Waals surface area contributed by atoms with Crippen molar-refractivity contribution >= 4 is 51.7 Å². The third kappa shape index (κ3) is 6.59. The van der Waals surface area contributed by atoms with E-state index in [0.29, 0.717) is 37.4 Å². The molecule has 0 aliphatic carbocycles. The van der Waals surface area contributed by atoms with Crippen LogP contribution in [0.3, 0.4) is 0 Å². The van der Waals surface area contributed by atoms with Crippen molar-refractivity contribution < 1.29 is 19.4 Å². The number of nitrogens with one attached hydrogen (secondary N) is 1. The van der Waals surface area contributed by atoms with Crippen LogP contribution in [-0.4, -0.2) is 52.2 Å². The lowest BCUT2D eigenvalue weighted by Gasteiger charge is -2.14. The number of aromatic nitrogens is 3. The predicted molar refractivity (Wildman–Crippen MR) is 179 cm³/mol. The maximum Gasteiger partial charge on any atom is 0.355 e. The molecule has 0 aliphatic heterocycles. The molecule has 2 heterocycles. The molecule has 0 amide bonds. The van der Waals surface area contributed by atoms with Gasteiger partial charge < -0.3 is 24.5 Å². The number of carbonyl (C=O) groups is 1. The number of para-hydroxylation sites is 1. The fourth-order valence-corrected chi connectivity index (χ4v) is 6.26. The highest BCUT2D eigenvalue weighted by Crippen LogP contribution is 2.39. The minimum absolute atomic E-state index is 0. The summed E-state index contributed by atoms with van der Waals surface area (Å²) in [5.41, 5.74) is 5.47. The molecule has 5 rings (SSSR count). The van der Waals surface area contributed by atoms with Crippen LogP contribution in [0.1, 0.15) is 47.2 Å². The standard InChI is InChI=1S/C34H39ClN4O4.ClH/c1-4-42-34(41)33-26(16-9-20-43-30-17-7-12-23-11-5-6-13-24(23)30)25-14-8-15-27(32(25)39(33)19-10-18-36-2)31-28(22-40)37-38(3)29(31)21-35;/h5-8,11-15,17,36,40H,4,9-10,16,18-22H2,1-3H3;1H. The largest absolute Gasteiger partial charge is 0.493 e. The average Bonchev–Trinajstić information content (AvgIpc) is 3.53. The number of esters is 1. The van der Waals surface area contributed by atoms with Gasteiger partial charge in [0.25, 0.3) is 0 Å². The van der Waals surface area contributed by atoms with E-state index < -0.39 is 0 Å². The van der Waals surface area contributed by atoms with E-state index >= 15 is 0 Å². The normalized spacial score (nSPS) is 11.2. The molecule has 2 aromatic heterocycles. The summed E-state index contributed by atoms with van der Waals surface area (Å²) in [4.78, 5) is 13.6. The van der Waals surface area contributed by atoms with E-state index in [1.807, 2.05) is 57.4 Å². The Labute approximate surface area is 269 Å². The van der Waals surface area contributed by atoms with Gasteiger partial charge in [-0.2, -0.15) is 5.10 Å². The molecule has 0 saturated heterocycles. The van der Waals surface area contributed by atoms with Gasteiger partial charge in [0.1, 0.15) is 11.4 Å². The minimum atomic E-state index is -0.342. The Balaban J connectivity index is 0.00000442. The highest BCUT2D eigenvalue weighted by Gasteiger charge is 2.27. The molecule has 2 N–H and O–H groups in total. The number of aliphatic hydroxyl groups is 1. The Bertz CT molecular complexity index is 1720. The summed E-state index contributed by atoms with van der Waals surface area (Å²) in [6, 6.07) is 20.3. The molecule has 0 bridgehead atoms. The van der Waals surface area contributed by atoms with Crippen LogP contribution in [0.2, 0.25) is 0 Å². The van der Waals surface area contributed by atoms with Crippen molar-refractivity contribution in [3.8, 4) is 16.9 Å². The van der Waals surface area contributed by atoms with Crippen molar-refractivity contribution in [1.29, 1.82) is 0 Å². The minimum Gasteiger partial charge on any atom is -0.493 e. The van der Waals surface area contributed by atoms with Crippen LogP contribution in [0.4, 0.5) is 0 Å². The van der Waals surface area contributed by atoms with Crippen molar-refractivity contribution in [3.05, 3.63) is 83.3 Å². The molecule has 0 spiro atoms. The lowest BCUT2D eigenvalue weighted by Crippen LogP contribution is -2.17. The lowest BCUT2D eigenvalue weighted by molar-refractivity contribution is 0.0512. The summed E-state index contributed by atoms with van der Waals surface area (Å²) in [7, 11) is 3.75. The molecule has 0 fully saturated rings. The summed E-state index contributed by atoms with van der Waals surface area (Å²) in [5, 5.41) is 21.2. The summed E-state index contributed by atoms with van der Waals surface area (Å²) < 4.78 is 15.7. The molecule has 0 atom stereocenters. The van der Waals surface area contributed by atoms with Crippen LogP contribution >= 0.6 is 24.0 Å². The maximum atomic E-state index is 13.6. The van der Waals surface area contributed by atoms with Crippen molar-refractivity contribution in [2.45, 2.75) is 45.2 Å². The van der Waals surface area contributed by atoms with E-state index in [9.17, 15) is 9.90 Å². The number of aliphatic hydroxyl groups excluding tert-OH is 1. The van der Waals surface area contributed by atoms with Crippen LogP contribution < -0.4 is 10.1 Å². The zero-order valence-corrected chi connectivity index (χ0v) is 27.0. The number of benzene rings is 3. The monoisotopic (exact) mass is 638 g/mol. The fraction of sp³-hybridized carbons (Fsp3) is 0.353. The number of nitrogens with zero attached hydrogens (tertiary/aromatic N) is 3. The third-order valence-corrected chi connectivity index (χ3v) is 8.08. The first-order chi connectivity index (χ1) is 21.0. The first-order valence-electron chi connectivity index (χ1n) is 14.8. The Morgan fingerprint density at radius 3 is 2.55 bits per heavy atom. The molecule has 234 valence electrons. The Morgan fingerprint density at radius 2 is 1.80 bits per heavy atom. The van der Waals surface area contributed by atoms with E-state index in [4.69, 9.17) is 21.1 Å². The maximum absolute atomic E-state index is 13.6. The second-order valence-electron chi connectivity index (χ2n) is 10.5. The second-order valence-corrected chi connectivity index (χ2v) is 10.7. The number of carbonyl (C=O) groups excluding carboxylic acids is 1. The molecule has 3 aromatic carbocycles. The number of hydrogen-bond acceptors (Lipinski definition) is 6. The number of halogens is 2. The smallest absolute Gasteiger partial charge is 0.355 e. The van der Waals surface area contributed by atoms with Gasteiger partial charge in [0.15, 0.2) is 0 Å². The number of rotatable bonds is 14. The van der Waals surface area contributed by atoms with Crippen LogP contribution in [0.5, 0.6) is 5.75 Å². The Morgan fingerprint density at radius 1 is 1.05 bits per heavy atom. The zero-order valence-electron chi connectivity index (χ0n) is 25.4. The van der Waals surface area contributed by atoms with Crippen molar-refractivity contribution in [2.75, 3.05) is 26.8 Å². The van der Waals surface area contributed by atoms with E-state index in [1.54, 1.807) is 4.68 Å². The van der Waals surface area contributed by atoms with Gasteiger partial charge in [0.2, 0.25) is 0 Å². The predicted octanol–water partition coefficient (Wildman–Crippen LogP) is 6.65. The van der Waals surface area contributed by atoms with E-state index in [-0.39, 0.29) is 37.5 Å². The van der Waals surface area contributed by atoms with Crippen LogP contribution in [-0.2, 0) is 37.2 Å².